The lowest BCUT2D eigenvalue weighted by atomic mass is 10.3. The fourth-order valence-electron chi connectivity index (χ4n) is 1.88. The summed E-state index contributed by atoms with van der Waals surface area (Å²) in [5.74, 6) is 1.47. The summed E-state index contributed by atoms with van der Waals surface area (Å²) in [5.41, 5.74) is 1.28. The van der Waals surface area contributed by atoms with Gasteiger partial charge in [-0.15, -0.1) is 0 Å². The number of carbonyl (C=O) groups is 1. The number of amides is 2. The minimum Gasteiger partial charge on any atom is -0.497 e. The molecule has 122 valence electrons. The summed E-state index contributed by atoms with van der Waals surface area (Å²) in [6, 6.07) is 10.4. The standard InChI is InChI=1S/C16H19ClN4O2/c1-21(2)15-6-4-5-11(19-15)10-18-16(22)20-14-8-7-12(23-3)9-13(14)17/h4-9H,10H2,1-3H3,(H2,18,20,22). The predicted molar refractivity (Wildman–Crippen MR) is 92.4 cm³/mol. The van der Waals surface area contributed by atoms with Crippen LogP contribution in [-0.4, -0.2) is 32.2 Å². The zero-order valence-electron chi connectivity index (χ0n) is 13.3. The molecule has 0 unspecified atom stereocenters. The summed E-state index contributed by atoms with van der Waals surface area (Å²) in [4.78, 5) is 18.3. The molecule has 7 heteroatoms. The number of hydrogen-bond donors (Lipinski definition) is 2. The van der Waals surface area contributed by atoms with E-state index in [9.17, 15) is 4.79 Å². The van der Waals surface area contributed by atoms with Crippen LogP contribution in [0.3, 0.4) is 0 Å². The molecule has 23 heavy (non-hydrogen) atoms. The fraction of sp³-hybridized carbons (Fsp3) is 0.250. The monoisotopic (exact) mass is 334 g/mol. The van der Waals surface area contributed by atoms with Gasteiger partial charge in [0, 0.05) is 20.2 Å². The summed E-state index contributed by atoms with van der Waals surface area (Å²) >= 11 is 6.08. The van der Waals surface area contributed by atoms with Gasteiger partial charge in [-0.25, -0.2) is 9.78 Å². The number of urea groups is 1. The predicted octanol–water partition coefficient (Wildman–Crippen LogP) is 3.13. The summed E-state index contributed by atoms with van der Waals surface area (Å²) in [5, 5.41) is 5.85. The summed E-state index contributed by atoms with van der Waals surface area (Å²) in [6.07, 6.45) is 0. The molecule has 0 atom stereocenters. The van der Waals surface area contributed by atoms with Gasteiger partial charge >= 0.3 is 6.03 Å². The van der Waals surface area contributed by atoms with Crippen molar-refractivity contribution in [2.24, 2.45) is 0 Å². The average molecular weight is 335 g/mol. The maximum absolute atomic E-state index is 12.0. The smallest absolute Gasteiger partial charge is 0.319 e. The van der Waals surface area contributed by atoms with Crippen molar-refractivity contribution in [1.29, 1.82) is 0 Å². The van der Waals surface area contributed by atoms with E-state index in [0.29, 0.717) is 23.0 Å². The quantitative estimate of drug-likeness (QED) is 0.881. The largest absolute Gasteiger partial charge is 0.497 e. The summed E-state index contributed by atoms with van der Waals surface area (Å²) in [7, 11) is 5.39. The van der Waals surface area contributed by atoms with Gasteiger partial charge in [0.2, 0.25) is 0 Å². The van der Waals surface area contributed by atoms with Crippen LogP contribution in [0.4, 0.5) is 16.3 Å². The van der Waals surface area contributed by atoms with Crippen molar-refractivity contribution in [1.82, 2.24) is 10.3 Å². The van der Waals surface area contributed by atoms with E-state index >= 15 is 0 Å². The van der Waals surface area contributed by atoms with Gasteiger partial charge in [-0.1, -0.05) is 17.7 Å². The van der Waals surface area contributed by atoms with Crippen LogP contribution in [0.1, 0.15) is 5.69 Å². The van der Waals surface area contributed by atoms with E-state index in [1.165, 1.54) is 0 Å². The number of hydrogen-bond acceptors (Lipinski definition) is 4. The van der Waals surface area contributed by atoms with E-state index in [0.717, 1.165) is 11.5 Å². The van der Waals surface area contributed by atoms with Crippen LogP contribution in [0, 0.1) is 0 Å². The highest BCUT2D eigenvalue weighted by Gasteiger charge is 2.07. The Balaban J connectivity index is 1.94. The average Bonchev–Trinajstić information content (AvgIpc) is 2.55. The first-order valence-corrected chi connectivity index (χ1v) is 7.39. The molecule has 6 nitrogen and oxygen atoms in total. The van der Waals surface area contributed by atoms with Crippen molar-refractivity contribution >= 4 is 29.1 Å². The number of nitrogens with zero attached hydrogens (tertiary/aromatic N) is 2. The Kier molecular flexibility index (Phi) is 5.65. The maximum atomic E-state index is 12.0. The van der Waals surface area contributed by atoms with E-state index in [-0.39, 0.29) is 6.03 Å². The number of anilines is 2. The minimum absolute atomic E-state index is 0.321. The first-order valence-electron chi connectivity index (χ1n) is 7.01. The lowest BCUT2D eigenvalue weighted by molar-refractivity contribution is 0.251. The topological polar surface area (TPSA) is 66.5 Å². The van der Waals surface area contributed by atoms with Crippen molar-refractivity contribution in [3.63, 3.8) is 0 Å². The number of nitrogens with one attached hydrogen (secondary N) is 2. The van der Waals surface area contributed by atoms with Crippen LogP contribution in [-0.2, 0) is 6.54 Å². The highest BCUT2D eigenvalue weighted by atomic mass is 35.5. The molecular weight excluding hydrogens is 316 g/mol. The third-order valence-corrected chi connectivity index (χ3v) is 3.42. The maximum Gasteiger partial charge on any atom is 0.319 e. The van der Waals surface area contributed by atoms with Crippen molar-refractivity contribution < 1.29 is 9.53 Å². The second-order valence-corrected chi connectivity index (χ2v) is 5.44. The molecule has 0 fully saturated rings. The zero-order chi connectivity index (χ0) is 16.8. The van der Waals surface area contributed by atoms with Crippen LogP contribution in [0.2, 0.25) is 5.02 Å². The van der Waals surface area contributed by atoms with E-state index in [1.807, 2.05) is 37.2 Å². The number of ether oxygens (including phenoxy) is 1. The normalized spacial score (nSPS) is 10.1. The van der Waals surface area contributed by atoms with E-state index in [4.69, 9.17) is 16.3 Å². The molecule has 2 N–H and O–H groups in total. The number of aromatic nitrogens is 1. The Hall–Kier alpha value is -2.47. The molecule has 0 aliphatic carbocycles. The van der Waals surface area contributed by atoms with Gasteiger partial charge in [0.25, 0.3) is 0 Å². The second kappa shape index (κ2) is 7.69. The number of benzene rings is 1. The Morgan fingerprint density at radius 3 is 2.74 bits per heavy atom. The molecule has 0 bridgehead atoms. The molecule has 0 aliphatic heterocycles. The highest BCUT2D eigenvalue weighted by molar-refractivity contribution is 6.33. The van der Waals surface area contributed by atoms with Gasteiger partial charge in [-0.05, 0) is 24.3 Å². The zero-order valence-corrected chi connectivity index (χ0v) is 14.0. The minimum atomic E-state index is -0.353. The van der Waals surface area contributed by atoms with Gasteiger partial charge in [-0.2, -0.15) is 0 Å². The van der Waals surface area contributed by atoms with Crippen LogP contribution in [0.15, 0.2) is 36.4 Å². The second-order valence-electron chi connectivity index (χ2n) is 5.04. The van der Waals surface area contributed by atoms with Gasteiger partial charge < -0.3 is 20.3 Å². The van der Waals surface area contributed by atoms with Crippen LogP contribution >= 0.6 is 11.6 Å². The fourth-order valence-corrected chi connectivity index (χ4v) is 2.09. The van der Waals surface area contributed by atoms with Crippen molar-refractivity contribution in [2.75, 3.05) is 31.4 Å². The molecule has 0 aliphatic rings. The lowest BCUT2D eigenvalue weighted by Crippen LogP contribution is -2.28. The molecule has 2 rings (SSSR count). The molecule has 0 radical (unpaired) electrons. The van der Waals surface area contributed by atoms with Crippen molar-refractivity contribution in [2.45, 2.75) is 6.54 Å². The molecule has 0 saturated carbocycles. The Labute approximate surface area is 140 Å². The van der Waals surface area contributed by atoms with E-state index in [1.54, 1.807) is 25.3 Å². The number of methoxy groups -OCH3 is 1. The molecule has 0 spiro atoms. The van der Waals surface area contributed by atoms with Crippen LogP contribution in [0.5, 0.6) is 5.75 Å². The highest BCUT2D eigenvalue weighted by Crippen LogP contribution is 2.26. The third-order valence-electron chi connectivity index (χ3n) is 3.10. The third kappa shape index (κ3) is 4.75. The Bertz CT molecular complexity index is 692. The molecule has 0 saturated heterocycles. The van der Waals surface area contributed by atoms with Gasteiger partial charge in [0.1, 0.15) is 11.6 Å². The molecule has 2 aromatic rings. The molecule has 1 heterocycles. The first kappa shape index (κ1) is 16.9. The molecule has 1 aromatic heterocycles. The molecule has 2 amide bonds. The first-order chi connectivity index (χ1) is 11.0. The van der Waals surface area contributed by atoms with Gasteiger partial charge in [0.05, 0.1) is 30.1 Å². The lowest BCUT2D eigenvalue weighted by Gasteiger charge is -2.13. The van der Waals surface area contributed by atoms with Crippen LogP contribution < -0.4 is 20.3 Å². The van der Waals surface area contributed by atoms with Crippen LogP contribution in [0.25, 0.3) is 0 Å². The van der Waals surface area contributed by atoms with Crippen molar-refractivity contribution in [3.05, 3.63) is 47.1 Å². The summed E-state index contributed by atoms with van der Waals surface area (Å²) in [6.45, 7) is 0.321. The van der Waals surface area contributed by atoms with E-state index < -0.39 is 0 Å². The SMILES string of the molecule is COc1ccc(NC(=O)NCc2cccc(N(C)C)n2)c(Cl)c1. The van der Waals surface area contributed by atoms with Gasteiger partial charge in [0.15, 0.2) is 0 Å². The summed E-state index contributed by atoms with van der Waals surface area (Å²) < 4.78 is 5.07. The van der Waals surface area contributed by atoms with E-state index in [2.05, 4.69) is 15.6 Å². The van der Waals surface area contributed by atoms with Gasteiger partial charge in [-0.3, -0.25) is 0 Å². The molecule has 1 aromatic carbocycles. The Morgan fingerprint density at radius 2 is 2.09 bits per heavy atom. The Morgan fingerprint density at radius 1 is 1.30 bits per heavy atom. The number of carbonyl (C=O) groups excluding carboxylic acids is 1. The number of pyridine rings is 1. The van der Waals surface area contributed by atoms with Crippen molar-refractivity contribution in [3.8, 4) is 5.75 Å². The number of halogens is 1. The number of rotatable bonds is 5. The molecular formula is C16H19ClN4O2.